The van der Waals surface area contributed by atoms with E-state index in [0.29, 0.717) is 5.88 Å². The molecule has 0 radical (unpaired) electrons. The van der Waals surface area contributed by atoms with Gasteiger partial charge in [-0.2, -0.15) is 0 Å². The summed E-state index contributed by atoms with van der Waals surface area (Å²) in [7, 11) is 1.85. The van der Waals surface area contributed by atoms with Crippen LogP contribution in [0.5, 0.6) is 5.88 Å². The van der Waals surface area contributed by atoms with Crippen molar-refractivity contribution in [3.8, 4) is 5.88 Å². The van der Waals surface area contributed by atoms with Crippen molar-refractivity contribution in [2.24, 2.45) is 0 Å². The molecule has 0 atom stereocenters. The minimum absolute atomic E-state index is 0.139. The molecule has 0 saturated carbocycles. The highest BCUT2D eigenvalue weighted by atomic mass is 16.5. The van der Waals surface area contributed by atoms with Gasteiger partial charge < -0.3 is 10.1 Å². The third kappa shape index (κ3) is 2.34. The van der Waals surface area contributed by atoms with Crippen molar-refractivity contribution >= 4 is 5.82 Å². The molecule has 78 valence electrons. The second-order valence-corrected chi connectivity index (χ2v) is 3.28. The SMILES string of the molecule is CCc1c(NC)ncnc1OC(C)C. The van der Waals surface area contributed by atoms with Crippen LogP contribution in [0, 0.1) is 0 Å². The van der Waals surface area contributed by atoms with E-state index in [4.69, 9.17) is 4.74 Å². The van der Waals surface area contributed by atoms with Gasteiger partial charge in [0, 0.05) is 7.05 Å². The van der Waals surface area contributed by atoms with Crippen molar-refractivity contribution in [2.75, 3.05) is 12.4 Å². The molecule has 14 heavy (non-hydrogen) atoms. The van der Waals surface area contributed by atoms with Gasteiger partial charge in [-0.25, -0.2) is 9.97 Å². The highest BCUT2D eigenvalue weighted by Crippen LogP contribution is 2.22. The van der Waals surface area contributed by atoms with Gasteiger partial charge in [0.25, 0.3) is 0 Å². The van der Waals surface area contributed by atoms with E-state index in [1.54, 1.807) is 0 Å². The minimum atomic E-state index is 0.139. The quantitative estimate of drug-likeness (QED) is 0.796. The lowest BCUT2D eigenvalue weighted by molar-refractivity contribution is 0.230. The van der Waals surface area contributed by atoms with Gasteiger partial charge in [0.15, 0.2) is 0 Å². The number of rotatable bonds is 4. The monoisotopic (exact) mass is 195 g/mol. The topological polar surface area (TPSA) is 47.0 Å². The Bertz CT molecular complexity index is 299. The number of anilines is 1. The van der Waals surface area contributed by atoms with Crippen LogP contribution in [-0.2, 0) is 6.42 Å². The van der Waals surface area contributed by atoms with Gasteiger partial charge in [-0.05, 0) is 20.3 Å². The molecule has 4 nitrogen and oxygen atoms in total. The number of ether oxygens (including phenoxy) is 1. The van der Waals surface area contributed by atoms with Crippen molar-refractivity contribution < 1.29 is 4.74 Å². The lowest BCUT2D eigenvalue weighted by Gasteiger charge is -2.13. The smallest absolute Gasteiger partial charge is 0.222 e. The van der Waals surface area contributed by atoms with Gasteiger partial charge in [0.1, 0.15) is 12.1 Å². The first kappa shape index (κ1) is 10.8. The zero-order valence-corrected chi connectivity index (χ0v) is 9.16. The van der Waals surface area contributed by atoms with E-state index in [2.05, 4.69) is 22.2 Å². The number of nitrogens with zero attached hydrogens (tertiary/aromatic N) is 2. The van der Waals surface area contributed by atoms with Gasteiger partial charge >= 0.3 is 0 Å². The zero-order valence-electron chi connectivity index (χ0n) is 9.16. The normalized spacial score (nSPS) is 10.4. The number of hydrogen-bond donors (Lipinski definition) is 1. The van der Waals surface area contributed by atoms with E-state index in [1.807, 2.05) is 20.9 Å². The van der Waals surface area contributed by atoms with Gasteiger partial charge in [-0.15, -0.1) is 0 Å². The summed E-state index contributed by atoms with van der Waals surface area (Å²) in [4.78, 5) is 8.26. The Morgan fingerprint density at radius 1 is 1.43 bits per heavy atom. The van der Waals surface area contributed by atoms with Gasteiger partial charge in [-0.3, -0.25) is 0 Å². The molecule has 0 aliphatic rings. The molecule has 4 heteroatoms. The molecule has 1 rings (SSSR count). The van der Waals surface area contributed by atoms with Crippen LogP contribution in [0.1, 0.15) is 26.3 Å². The first-order chi connectivity index (χ1) is 6.69. The summed E-state index contributed by atoms with van der Waals surface area (Å²) in [6.45, 7) is 6.04. The fraction of sp³-hybridized carbons (Fsp3) is 0.600. The molecule has 0 amide bonds. The first-order valence-electron chi connectivity index (χ1n) is 4.87. The molecule has 1 N–H and O–H groups in total. The van der Waals surface area contributed by atoms with Crippen molar-refractivity contribution in [2.45, 2.75) is 33.3 Å². The average Bonchev–Trinajstić information content (AvgIpc) is 2.16. The van der Waals surface area contributed by atoms with E-state index >= 15 is 0 Å². The lowest BCUT2D eigenvalue weighted by atomic mass is 10.2. The Hall–Kier alpha value is -1.32. The Labute approximate surface area is 84.7 Å². The molecule has 0 aliphatic heterocycles. The van der Waals surface area contributed by atoms with Crippen molar-refractivity contribution in [1.29, 1.82) is 0 Å². The van der Waals surface area contributed by atoms with Crippen LogP contribution >= 0.6 is 0 Å². The summed E-state index contributed by atoms with van der Waals surface area (Å²) in [5.41, 5.74) is 1.03. The highest BCUT2D eigenvalue weighted by Gasteiger charge is 2.10. The molecule has 1 heterocycles. The Kier molecular flexibility index (Phi) is 3.68. The first-order valence-corrected chi connectivity index (χ1v) is 4.87. The molecule has 0 saturated heterocycles. The van der Waals surface area contributed by atoms with Crippen LogP contribution < -0.4 is 10.1 Å². The fourth-order valence-electron chi connectivity index (χ4n) is 1.26. The van der Waals surface area contributed by atoms with E-state index in [0.717, 1.165) is 17.8 Å². The van der Waals surface area contributed by atoms with Crippen molar-refractivity contribution in [3.05, 3.63) is 11.9 Å². The van der Waals surface area contributed by atoms with Crippen molar-refractivity contribution in [3.63, 3.8) is 0 Å². The van der Waals surface area contributed by atoms with E-state index < -0.39 is 0 Å². The van der Waals surface area contributed by atoms with Crippen LogP contribution in [0.4, 0.5) is 5.82 Å². The largest absolute Gasteiger partial charge is 0.475 e. The average molecular weight is 195 g/mol. The van der Waals surface area contributed by atoms with Gasteiger partial charge in [0.2, 0.25) is 5.88 Å². The summed E-state index contributed by atoms with van der Waals surface area (Å²) in [6.07, 6.45) is 2.52. The minimum Gasteiger partial charge on any atom is -0.475 e. The Balaban J connectivity index is 3.02. The maximum atomic E-state index is 5.59. The standard InChI is InChI=1S/C10H17N3O/c1-5-8-9(11-4)12-6-13-10(8)14-7(2)3/h6-7H,5H2,1-4H3,(H,11,12,13). The van der Waals surface area contributed by atoms with E-state index in [9.17, 15) is 0 Å². The molecule has 1 aromatic rings. The molecular weight excluding hydrogens is 178 g/mol. The third-order valence-electron chi connectivity index (χ3n) is 1.84. The predicted molar refractivity (Wildman–Crippen MR) is 56.7 cm³/mol. The molecular formula is C10H17N3O. The van der Waals surface area contributed by atoms with Gasteiger partial charge in [0.05, 0.1) is 11.7 Å². The Morgan fingerprint density at radius 3 is 2.64 bits per heavy atom. The Morgan fingerprint density at radius 2 is 2.14 bits per heavy atom. The second-order valence-electron chi connectivity index (χ2n) is 3.28. The number of aromatic nitrogens is 2. The fourth-order valence-corrected chi connectivity index (χ4v) is 1.26. The van der Waals surface area contributed by atoms with Crippen molar-refractivity contribution in [1.82, 2.24) is 9.97 Å². The maximum absolute atomic E-state index is 5.59. The summed E-state index contributed by atoms with van der Waals surface area (Å²) < 4.78 is 5.59. The maximum Gasteiger partial charge on any atom is 0.222 e. The molecule has 1 aromatic heterocycles. The van der Waals surface area contributed by atoms with E-state index in [-0.39, 0.29) is 6.10 Å². The summed E-state index contributed by atoms with van der Waals surface area (Å²) in [5, 5.41) is 3.03. The van der Waals surface area contributed by atoms with Crippen LogP contribution in [0.3, 0.4) is 0 Å². The lowest BCUT2D eigenvalue weighted by Crippen LogP contribution is -2.10. The molecule has 0 spiro atoms. The highest BCUT2D eigenvalue weighted by molar-refractivity contribution is 5.48. The van der Waals surface area contributed by atoms with Crippen LogP contribution in [0.2, 0.25) is 0 Å². The third-order valence-corrected chi connectivity index (χ3v) is 1.84. The molecule has 0 fully saturated rings. The number of hydrogen-bond acceptors (Lipinski definition) is 4. The van der Waals surface area contributed by atoms with Crippen LogP contribution in [0.15, 0.2) is 6.33 Å². The summed E-state index contributed by atoms with van der Waals surface area (Å²) in [6, 6.07) is 0. The van der Waals surface area contributed by atoms with E-state index in [1.165, 1.54) is 6.33 Å². The molecule has 0 aliphatic carbocycles. The molecule has 0 bridgehead atoms. The summed E-state index contributed by atoms with van der Waals surface area (Å²) in [5.74, 6) is 1.53. The van der Waals surface area contributed by atoms with Gasteiger partial charge in [-0.1, -0.05) is 6.92 Å². The zero-order chi connectivity index (χ0) is 10.6. The van der Waals surface area contributed by atoms with Crippen LogP contribution in [0.25, 0.3) is 0 Å². The second kappa shape index (κ2) is 4.79. The molecule has 0 aromatic carbocycles. The molecule has 0 unspecified atom stereocenters. The summed E-state index contributed by atoms with van der Waals surface area (Å²) >= 11 is 0. The van der Waals surface area contributed by atoms with Crippen LogP contribution in [-0.4, -0.2) is 23.1 Å². The predicted octanol–water partition coefficient (Wildman–Crippen LogP) is 1.87. The number of nitrogens with one attached hydrogen (secondary N) is 1.